The largest absolute Gasteiger partial charge is 0.733 e. The number of hydrogen-bond acceptors (Lipinski definition) is 7. The number of hydrogen-bond donors (Lipinski definition) is 1. The Morgan fingerprint density at radius 3 is 2.48 bits per heavy atom. The lowest BCUT2D eigenvalue weighted by Crippen LogP contribution is -2.10. The highest BCUT2D eigenvalue weighted by atomic mass is 35.5. The van der Waals surface area contributed by atoms with Crippen molar-refractivity contribution in [3.05, 3.63) is 98.4 Å². The van der Waals surface area contributed by atoms with Gasteiger partial charge in [0.1, 0.15) is 11.5 Å². The van der Waals surface area contributed by atoms with Crippen molar-refractivity contribution in [2.75, 3.05) is 5.23 Å². The van der Waals surface area contributed by atoms with Gasteiger partial charge in [0.15, 0.2) is 5.76 Å². The molecule has 156 valence electrons. The minimum Gasteiger partial charge on any atom is -0.733 e. The molecule has 0 amide bonds. The van der Waals surface area contributed by atoms with Crippen molar-refractivity contribution in [3.63, 3.8) is 0 Å². The third-order valence-electron chi connectivity index (χ3n) is 4.42. The first kappa shape index (κ1) is 20.9. The van der Waals surface area contributed by atoms with E-state index < -0.39 is 5.97 Å². The van der Waals surface area contributed by atoms with Crippen molar-refractivity contribution < 1.29 is 24.3 Å². The van der Waals surface area contributed by atoms with Gasteiger partial charge < -0.3 is 19.9 Å². The molecule has 0 fully saturated rings. The van der Waals surface area contributed by atoms with Crippen LogP contribution in [0.25, 0.3) is 6.08 Å². The van der Waals surface area contributed by atoms with Crippen LogP contribution in [0.5, 0.6) is 11.5 Å². The molecule has 3 aromatic carbocycles. The average Bonchev–Trinajstić information content (AvgIpc) is 3.05. The molecule has 1 aliphatic rings. The van der Waals surface area contributed by atoms with Crippen LogP contribution in [0.3, 0.4) is 0 Å². The molecule has 0 spiro atoms. The zero-order chi connectivity index (χ0) is 22.1. The molecule has 0 bridgehead atoms. The monoisotopic (exact) mass is 456 g/mol. The number of nitrogens with zero attached hydrogens (tertiary/aromatic N) is 1. The van der Waals surface area contributed by atoms with Crippen molar-refractivity contribution in [2.24, 2.45) is 0 Å². The predicted molar refractivity (Wildman–Crippen MR) is 115 cm³/mol. The lowest BCUT2D eigenvalue weighted by atomic mass is 10.1. The molecule has 4 rings (SSSR count). The number of ether oxygens (including phenoxy) is 2. The van der Waals surface area contributed by atoms with Crippen LogP contribution >= 0.6 is 23.2 Å². The molecule has 31 heavy (non-hydrogen) atoms. The Balaban J connectivity index is 1.53. The van der Waals surface area contributed by atoms with Crippen LogP contribution in [-0.4, -0.2) is 17.0 Å². The molecule has 0 saturated carbocycles. The summed E-state index contributed by atoms with van der Waals surface area (Å²) >= 11 is 12.0. The Morgan fingerprint density at radius 2 is 1.81 bits per heavy atom. The quantitative estimate of drug-likeness (QED) is 0.238. The van der Waals surface area contributed by atoms with E-state index in [1.807, 2.05) is 0 Å². The van der Waals surface area contributed by atoms with Gasteiger partial charge in [0.2, 0.25) is 5.78 Å². The second-order valence-electron chi connectivity index (χ2n) is 6.47. The Labute approximate surface area is 186 Å². The minimum absolute atomic E-state index is 0.0268. The summed E-state index contributed by atoms with van der Waals surface area (Å²) in [6, 6.07) is 14.5. The number of carbonyl (C=O) groups is 2. The van der Waals surface area contributed by atoms with E-state index in [9.17, 15) is 14.8 Å². The van der Waals surface area contributed by atoms with Gasteiger partial charge in [-0.1, -0.05) is 29.3 Å². The van der Waals surface area contributed by atoms with Gasteiger partial charge in [0, 0.05) is 16.1 Å². The Bertz CT molecular complexity index is 1220. The first-order valence-electron chi connectivity index (χ1n) is 8.83. The second-order valence-corrected chi connectivity index (χ2v) is 7.32. The van der Waals surface area contributed by atoms with Crippen LogP contribution < -0.4 is 14.7 Å². The molecule has 0 radical (unpaired) electrons. The highest BCUT2D eigenvalue weighted by molar-refractivity contribution is 6.35. The van der Waals surface area contributed by atoms with Crippen LogP contribution in [-0.2, 0) is 0 Å². The van der Waals surface area contributed by atoms with Crippen LogP contribution in [0.1, 0.15) is 26.3 Å². The maximum atomic E-state index is 12.6. The first-order valence-corrected chi connectivity index (χ1v) is 9.59. The third kappa shape index (κ3) is 4.40. The molecule has 1 aliphatic heterocycles. The number of anilines is 1. The number of benzene rings is 3. The first-order chi connectivity index (χ1) is 14.8. The van der Waals surface area contributed by atoms with E-state index in [2.05, 4.69) is 0 Å². The van der Waals surface area contributed by atoms with Gasteiger partial charge in [-0.25, -0.2) is 4.79 Å². The number of carbonyl (C=O) groups excluding carboxylic acids is 2. The molecule has 0 atom stereocenters. The summed E-state index contributed by atoms with van der Waals surface area (Å²) in [6.07, 6.45) is 1.51. The van der Waals surface area contributed by atoms with Crippen molar-refractivity contribution in [3.8, 4) is 11.5 Å². The number of ketones is 1. The molecule has 1 heterocycles. The summed E-state index contributed by atoms with van der Waals surface area (Å²) in [7, 11) is 0. The van der Waals surface area contributed by atoms with Gasteiger partial charge in [-0.3, -0.25) is 10.0 Å². The van der Waals surface area contributed by atoms with Gasteiger partial charge in [0.05, 0.1) is 16.8 Å². The van der Waals surface area contributed by atoms with Gasteiger partial charge >= 0.3 is 5.97 Å². The molecule has 0 aliphatic carbocycles. The zero-order valence-corrected chi connectivity index (χ0v) is 17.1. The molecular formula is C22H12Cl2NO6-. The van der Waals surface area contributed by atoms with Crippen LogP contribution in [0.15, 0.2) is 66.4 Å². The van der Waals surface area contributed by atoms with Gasteiger partial charge in [-0.05, 0) is 60.2 Å². The van der Waals surface area contributed by atoms with E-state index in [0.717, 1.165) is 0 Å². The average molecular weight is 457 g/mol. The normalized spacial score (nSPS) is 13.7. The maximum absolute atomic E-state index is 12.6. The van der Waals surface area contributed by atoms with E-state index in [0.29, 0.717) is 21.2 Å². The summed E-state index contributed by atoms with van der Waals surface area (Å²) < 4.78 is 10.9. The fourth-order valence-electron chi connectivity index (χ4n) is 2.88. The zero-order valence-electron chi connectivity index (χ0n) is 15.5. The SMILES string of the molecule is O=C(Oc1ccc2c(c1)OC(=Cc1ccc(Cl)cc1Cl)C2=O)c1ccc(N([O-])O)cc1. The van der Waals surface area contributed by atoms with E-state index in [4.69, 9.17) is 37.9 Å². The maximum Gasteiger partial charge on any atom is 0.343 e. The molecule has 7 nitrogen and oxygen atoms in total. The standard InChI is InChI=1S/C22H12Cl2NO6/c23-14-4-1-13(18(24)10-14)9-20-21(26)17-8-7-16(11-19(17)31-20)30-22(27)12-2-5-15(6-3-12)25(28)29/h1-11,28H/q-1. The van der Waals surface area contributed by atoms with Crippen molar-refractivity contribution in [2.45, 2.75) is 0 Å². The van der Waals surface area contributed by atoms with Gasteiger partial charge in [-0.15, -0.1) is 0 Å². The van der Waals surface area contributed by atoms with Gasteiger partial charge in [-0.2, -0.15) is 0 Å². The molecule has 9 heteroatoms. The fraction of sp³-hybridized carbons (Fsp3) is 0. The minimum atomic E-state index is -0.685. The summed E-state index contributed by atoms with van der Waals surface area (Å²) in [5, 5.41) is 20.2. The van der Waals surface area contributed by atoms with E-state index in [-0.39, 0.29) is 39.5 Å². The van der Waals surface area contributed by atoms with Crippen molar-refractivity contribution in [1.29, 1.82) is 0 Å². The number of esters is 1. The highest BCUT2D eigenvalue weighted by Gasteiger charge is 2.28. The number of fused-ring (bicyclic) bond motifs is 1. The van der Waals surface area contributed by atoms with Gasteiger partial charge in [0.25, 0.3) is 0 Å². The lowest BCUT2D eigenvalue weighted by molar-refractivity contribution is 0.0734. The molecule has 1 N–H and O–H groups in total. The molecule has 3 aromatic rings. The summed E-state index contributed by atoms with van der Waals surface area (Å²) in [5.74, 6) is -0.539. The lowest BCUT2D eigenvalue weighted by Gasteiger charge is -2.21. The van der Waals surface area contributed by atoms with Crippen LogP contribution in [0.4, 0.5) is 5.69 Å². The topological polar surface area (TPSA) is 99.1 Å². The van der Waals surface area contributed by atoms with Crippen LogP contribution in [0, 0.1) is 5.21 Å². The molecule has 0 unspecified atom stereocenters. The third-order valence-corrected chi connectivity index (χ3v) is 4.99. The van der Waals surface area contributed by atoms with Crippen molar-refractivity contribution >= 4 is 46.7 Å². The number of allylic oxidation sites excluding steroid dienone is 1. The number of Topliss-reactive ketones (excluding diaryl/α,β-unsaturated/α-hetero) is 1. The highest BCUT2D eigenvalue weighted by Crippen LogP contribution is 2.36. The Kier molecular flexibility index (Phi) is 5.67. The summed E-state index contributed by atoms with van der Waals surface area (Å²) in [6.45, 7) is 0. The van der Waals surface area contributed by atoms with E-state index in [1.165, 1.54) is 48.5 Å². The summed E-state index contributed by atoms with van der Waals surface area (Å²) in [4.78, 5) is 24.9. The molecule has 0 saturated heterocycles. The van der Waals surface area contributed by atoms with E-state index >= 15 is 0 Å². The van der Waals surface area contributed by atoms with Crippen molar-refractivity contribution in [1.82, 2.24) is 0 Å². The predicted octanol–water partition coefficient (Wildman–Crippen LogP) is 5.52. The number of halogens is 2. The van der Waals surface area contributed by atoms with Crippen LogP contribution in [0.2, 0.25) is 10.0 Å². The molecular weight excluding hydrogens is 445 g/mol. The summed E-state index contributed by atoms with van der Waals surface area (Å²) in [5.41, 5.74) is 1.03. The molecule has 0 aromatic heterocycles. The second kappa shape index (κ2) is 8.41. The Morgan fingerprint density at radius 1 is 1.06 bits per heavy atom. The van der Waals surface area contributed by atoms with E-state index in [1.54, 1.807) is 18.2 Å². The smallest absolute Gasteiger partial charge is 0.343 e. The number of rotatable bonds is 4. The fourth-order valence-corrected chi connectivity index (χ4v) is 3.34. The Hall–Kier alpha value is -3.36.